The summed E-state index contributed by atoms with van der Waals surface area (Å²) in [7, 11) is 0. The Balaban J connectivity index is 2.11. The van der Waals surface area contributed by atoms with Gasteiger partial charge in [0.1, 0.15) is 0 Å². The van der Waals surface area contributed by atoms with E-state index in [1.165, 1.54) is 29.1 Å². The zero-order valence-corrected chi connectivity index (χ0v) is 11.4. The van der Waals surface area contributed by atoms with Gasteiger partial charge in [-0.25, -0.2) is 13.8 Å². The van der Waals surface area contributed by atoms with Gasteiger partial charge < -0.3 is 0 Å². The van der Waals surface area contributed by atoms with Gasteiger partial charge in [0.15, 0.2) is 11.6 Å². The smallest absolute Gasteiger partial charge is 0.261 e. The van der Waals surface area contributed by atoms with Crippen molar-refractivity contribution in [1.29, 1.82) is 0 Å². The lowest BCUT2D eigenvalue weighted by molar-refractivity contribution is 0.494. The summed E-state index contributed by atoms with van der Waals surface area (Å²) in [4.78, 5) is 16.4. The zero-order valence-electron chi connectivity index (χ0n) is 10.7. The van der Waals surface area contributed by atoms with Gasteiger partial charge in [-0.2, -0.15) is 0 Å². The van der Waals surface area contributed by atoms with E-state index in [4.69, 9.17) is 11.6 Å². The number of rotatable bonds is 2. The number of nitrogens with zero attached hydrogens (tertiary/aromatic N) is 2. The fourth-order valence-electron chi connectivity index (χ4n) is 2.10. The number of hydrogen-bond acceptors (Lipinski definition) is 2. The summed E-state index contributed by atoms with van der Waals surface area (Å²) in [5, 5.41) is 0.748. The van der Waals surface area contributed by atoms with Gasteiger partial charge in [0, 0.05) is 10.6 Å². The van der Waals surface area contributed by atoms with Crippen molar-refractivity contribution < 1.29 is 8.78 Å². The number of halogens is 3. The second-order valence-corrected chi connectivity index (χ2v) is 4.99. The van der Waals surface area contributed by atoms with Crippen molar-refractivity contribution in [3.8, 4) is 0 Å². The normalized spacial score (nSPS) is 11.0. The molecule has 0 saturated carbocycles. The molecule has 0 aliphatic rings. The molecule has 3 rings (SSSR count). The van der Waals surface area contributed by atoms with Crippen molar-refractivity contribution in [2.24, 2.45) is 0 Å². The second-order valence-electron chi connectivity index (χ2n) is 4.55. The first-order chi connectivity index (χ1) is 10.1. The summed E-state index contributed by atoms with van der Waals surface area (Å²) in [6, 6.07) is 8.61. The lowest BCUT2D eigenvalue weighted by Gasteiger charge is -2.08. The highest BCUT2D eigenvalue weighted by Crippen LogP contribution is 2.15. The molecule has 3 nitrogen and oxygen atoms in total. The Bertz CT molecular complexity index is 892. The van der Waals surface area contributed by atoms with Gasteiger partial charge in [-0.15, -0.1) is 0 Å². The van der Waals surface area contributed by atoms with E-state index >= 15 is 0 Å². The third kappa shape index (κ3) is 2.52. The van der Waals surface area contributed by atoms with Gasteiger partial charge in [0.2, 0.25) is 0 Å². The van der Waals surface area contributed by atoms with Crippen LogP contribution in [-0.4, -0.2) is 9.55 Å². The molecule has 3 aromatic rings. The standard InChI is InChI=1S/C15H9ClF2N2O/c16-10-4-5-13-11(6-10)15(21)20(8-19-13)7-9-2-1-3-12(17)14(9)18/h1-6,8H,7H2. The zero-order chi connectivity index (χ0) is 15.0. The van der Waals surface area contributed by atoms with E-state index in [0.717, 1.165) is 6.07 Å². The van der Waals surface area contributed by atoms with Crippen molar-refractivity contribution in [2.45, 2.75) is 6.54 Å². The first-order valence-electron chi connectivity index (χ1n) is 6.14. The number of aromatic nitrogens is 2. The first-order valence-corrected chi connectivity index (χ1v) is 6.51. The minimum atomic E-state index is -0.962. The molecule has 0 spiro atoms. The molecule has 0 N–H and O–H groups in total. The van der Waals surface area contributed by atoms with Gasteiger partial charge in [-0.1, -0.05) is 23.7 Å². The van der Waals surface area contributed by atoms with Crippen molar-refractivity contribution in [3.63, 3.8) is 0 Å². The van der Waals surface area contributed by atoms with Crippen LogP contribution in [0.25, 0.3) is 10.9 Å². The third-order valence-electron chi connectivity index (χ3n) is 3.16. The Morgan fingerprint density at radius 2 is 2.00 bits per heavy atom. The van der Waals surface area contributed by atoms with E-state index in [9.17, 15) is 13.6 Å². The van der Waals surface area contributed by atoms with Crippen molar-refractivity contribution in [3.05, 3.63) is 75.3 Å². The van der Waals surface area contributed by atoms with Crippen LogP contribution >= 0.6 is 11.6 Å². The lowest BCUT2D eigenvalue weighted by Crippen LogP contribution is -2.21. The molecule has 1 heterocycles. The molecule has 0 aliphatic heterocycles. The van der Waals surface area contributed by atoms with Crippen LogP contribution in [0.1, 0.15) is 5.56 Å². The molecule has 0 radical (unpaired) electrons. The van der Waals surface area contributed by atoms with Crippen LogP contribution in [0.2, 0.25) is 5.02 Å². The second kappa shape index (κ2) is 5.26. The van der Waals surface area contributed by atoms with Crippen molar-refractivity contribution in [2.75, 3.05) is 0 Å². The Labute approximate surface area is 123 Å². The van der Waals surface area contributed by atoms with Crippen LogP contribution in [0.3, 0.4) is 0 Å². The Kier molecular flexibility index (Phi) is 3.43. The van der Waals surface area contributed by atoms with E-state index in [2.05, 4.69) is 4.98 Å². The van der Waals surface area contributed by atoms with E-state index < -0.39 is 11.6 Å². The summed E-state index contributed by atoms with van der Waals surface area (Å²) in [6.45, 7) is -0.0993. The monoisotopic (exact) mass is 306 g/mol. The number of fused-ring (bicyclic) bond motifs is 1. The molecule has 0 atom stereocenters. The summed E-state index contributed by atoms with van der Waals surface area (Å²) in [5.74, 6) is -1.91. The minimum absolute atomic E-state index is 0.0836. The molecule has 0 amide bonds. The molecule has 1 aromatic heterocycles. The average molecular weight is 307 g/mol. The minimum Gasteiger partial charge on any atom is -0.294 e. The molecule has 0 aliphatic carbocycles. The van der Waals surface area contributed by atoms with Gasteiger partial charge in [0.25, 0.3) is 5.56 Å². The fourth-order valence-corrected chi connectivity index (χ4v) is 2.27. The molecule has 106 valence electrons. The van der Waals surface area contributed by atoms with Crippen LogP contribution in [0.5, 0.6) is 0 Å². The molecule has 0 unspecified atom stereocenters. The number of hydrogen-bond donors (Lipinski definition) is 0. The fraction of sp³-hybridized carbons (Fsp3) is 0.0667. The summed E-state index contributed by atoms with van der Waals surface area (Å²) in [6.07, 6.45) is 1.31. The molecule has 0 bridgehead atoms. The largest absolute Gasteiger partial charge is 0.294 e. The maximum Gasteiger partial charge on any atom is 0.261 e. The van der Waals surface area contributed by atoms with Gasteiger partial charge in [0.05, 0.1) is 23.8 Å². The average Bonchev–Trinajstić information content (AvgIpc) is 2.47. The highest BCUT2D eigenvalue weighted by atomic mass is 35.5. The highest BCUT2D eigenvalue weighted by molar-refractivity contribution is 6.31. The van der Waals surface area contributed by atoms with Gasteiger partial charge in [-0.05, 0) is 24.3 Å². The van der Waals surface area contributed by atoms with E-state index in [1.54, 1.807) is 12.1 Å². The van der Waals surface area contributed by atoms with Crippen LogP contribution in [0.15, 0.2) is 47.5 Å². The van der Waals surface area contributed by atoms with Crippen LogP contribution in [0.4, 0.5) is 8.78 Å². The molecular weight excluding hydrogens is 298 g/mol. The summed E-state index contributed by atoms with van der Waals surface area (Å²) in [5.41, 5.74) is 0.229. The SMILES string of the molecule is O=c1c2cc(Cl)ccc2ncn1Cc1cccc(F)c1F. The maximum absolute atomic E-state index is 13.7. The van der Waals surface area contributed by atoms with E-state index in [0.29, 0.717) is 15.9 Å². The molecule has 6 heteroatoms. The predicted molar refractivity (Wildman–Crippen MR) is 76.5 cm³/mol. The van der Waals surface area contributed by atoms with Crippen LogP contribution in [-0.2, 0) is 6.54 Å². The molecule has 2 aromatic carbocycles. The Morgan fingerprint density at radius 3 is 2.81 bits per heavy atom. The third-order valence-corrected chi connectivity index (χ3v) is 3.39. The quantitative estimate of drug-likeness (QED) is 0.727. The van der Waals surface area contributed by atoms with Crippen molar-refractivity contribution in [1.82, 2.24) is 9.55 Å². The van der Waals surface area contributed by atoms with E-state index in [-0.39, 0.29) is 17.7 Å². The summed E-state index contributed by atoms with van der Waals surface area (Å²) < 4.78 is 28.1. The highest BCUT2D eigenvalue weighted by Gasteiger charge is 2.10. The lowest BCUT2D eigenvalue weighted by atomic mass is 10.2. The van der Waals surface area contributed by atoms with Crippen LogP contribution < -0.4 is 5.56 Å². The van der Waals surface area contributed by atoms with E-state index in [1.807, 2.05) is 0 Å². The topological polar surface area (TPSA) is 34.9 Å². The number of benzene rings is 2. The first kappa shape index (κ1) is 13.7. The molecular formula is C15H9ClF2N2O. The van der Waals surface area contributed by atoms with Gasteiger partial charge >= 0.3 is 0 Å². The van der Waals surface area contributed by atoms with Crippen LogP contribution in [0, 0.1) is 11.6 Å². The maximum atomic E-state index is 13.7. The molecule has 0 saturated heterocycles. The Morgan fingerprint density at radius 1 is 1.19 bits per heavy atom. The summed E-state index contributed by atoms with van der Waals surface area (Å²) >= 11 is 5.86. The Hall–Kier alpha value is -2.27. The van der Waals surface area contributed by atoms with Gasteiger partial charge in [-0.3, -0.25) is 9.36 Å². The predicted octanol–water partition coefficient (Wildman–Crippen LogP) is 3.38. The molecule has 21 heavy (non-hydrogen) atoms. The molecule has 0 fully saturated rings. The van der Waals surface area contributed by atoms with Crippen molar-refractivity contribution >= 4 is 22.5 Å².